The van der Waals surface area contributed by atoms with Crippen molar-refractivity contribution in [2.24, 2.45) is 11.8 Å². The van der Waals surface area contributed by atoms with Gasteiger partial charge in [0.05, 0.1) is 0 Å². The average molecular weight is 407 g/mol. The molecule has 2 nitrogen and oxygen atoms in total. The third-order valence-corrected chi connectivity index (χ3v) is 5.98. The number of anilines is 1. The molecule has 0 bridgehead atoms. The maximum absolute atomic E-state index is 15.1. The van der Waals surface area contributed by atoms with Crippen molar-refractivity contribution in [1.29, 1.82) is 0 Å². The van der Waals surface area contributed by atoms with Crippen LogP contribution in [0.1, 0.15) is 64.0 Å². The topological polar surface area (TPSA) is 15.3 Å². The standard InChI is InChI=1S/C26H37BFN2/c1-7-11-13-19(23(29-6)12-8-2)25-18(5)20-17-24(30(14-9-3)15-10-4)22(28)16-21(20)26(25)27/h7,12,16-17,19,25,29H,1,5,8-11,13-15H2,2-4,6H3. The number of nitrogens with one attached hydrogen (secondary N) is 1. The predicted molar refractivity (Wildman–Crippen MR) is 132 cm³/mol. The second-order valence-electron chi connectivity index (χ2n) is 8.08. The van der Waals surface area contributed by atoms with Gasteiger partial charge in [-0.15, -0.1) is 0 Å². The quantitative estimate of drug-likeness (QED) is 0.344. The van der Waals surface area contributed by atoms with Gasteiger partial charge in [0.2, 0.25) is 0 Å². The number of allylic oxidation sites excluding steroid dienone is 4. The first-order valence-corrected chi connectivity index (χ1v) is 11.3. The third kappa shape index (κ3) is 4.96. The summed E-state index contributed by atoms with van der Waals surface area (Å²) >= 11 is 0. The number of fused-ring (bicyclic) bond motifs is 1. The number of benzene rings is 1. The van der Waals surface area contributed by atoms with Crippen molar-refractivity contribution < 1.29 is 4.39 Å². The van der Waals surface area contributed by atoms with Crippen LogP contribution in [0.3, 0.4) is 0 Å². The summed E-state index contributed by atoms with van der Waals surface area (Å²) in [7, 11) is 8.60. The molecule has 4 heteroatoms. The van der Waals surface area contributed by atoms with E-state index < -0.39 is 0 Å². The number of hydrogen-bond donors (Lipinski definition) is 1. The molecule has 1 N–H and O–H groups in total. The summed E-state index contributed by atoms with van der Waals surface area (Å²) in [6, 6.07) is 3.59. The van der Waals surface area contributed by atoms with Crippen molar-refractivity contribution in [2.75, 3.05) is 25.0 Å². The summed E-state index contributed by atoms with van der Waals surface area (Å²) < 4.78 is 15.1. The van der Waals surface area contributed by atoms with Gasteiger partial charge >= 0.3 is 184 Å². The molecule has 1 aliphatic rings. The summed E-state index contributed by atoms with van der Waals surface area (Å²) in [5, 5.41) is 3.37. The minimum absolute atomic E-state index is 0.0364. The Labute approximate surface area is 184 Å². The fourth-order valence-corrected chi connectivity index (χ4v) is 4.64. The van der Waals surface area contributed by atoms with Crippen molar-refractivity contribution in [3.05, 3.63) is 60.1 Å². The zero-order valence-corrected chi connectivity index (χ0v) is 19.2. The molecule has 1 radical (unpaired) electrons. The number of rotatable bonds is 12. The predicted octanol–water partition coefficient (Wildman–Crippen LogP) is 5.88. The van der Waals surface area contributed by atoms with E-state index in [2.05, 4.69) is 50.2 Å². The second kappa shape index (κ2) is 11.3. The molecule has 1 aliphatic carbocycles. The van der Waals surface area contributed by atoms with Crippen LogP contribution in [0.4, 0.5) is 10.1 Å². The van der Waals surface area contributed by atoms with Gasteiger partial charge < -0.3 is 0 Å². The van der Waals surface area contributed by atoms with Crippen LogP contribution in [0.15, 0.2) is 43.1 Å². The van der Waals surface area contributed by atoms with E-state index in [0.717, 1.165) is 67.4 Å². The van der Waals surface area contributed by atoms with Crippen LogP contribution in [0.5, 0.6) is 0 Å². The minimum atomic E-state index is -0.201. The van der Waals surface area contributed by atoms with Gasteiger partial charge in [-0.1, -0.05) is 0 Å². The Kier molecular flexibility index (Phi) is 9.14. The molecule has 2 unspecified atom stereocenters. The van der Waals surface area contributed by atoms with Crippen LogP contribution in [-0.2, 0) is 0 Å². The van der Waals surface area contributed by atoms with Crippen LogP contribution in [0.25, 0.3) is 5.57 Å². The molecule has 161 valence electrons. The fourth-order valence-electron chi connectivity index (χ4n) is 4.64. The van der Waals surface area contributed by atoms with E-state index in [9.17, 15) is 0 Å². The summed E-state index contributed by atoms with van der Waals surface area (Å²) in [5.41, 5.74) is 5.33. The summed E-state index contributed by atoms with van der Waals surface area (Å²) in [6.07, 6.45) is 8.86. The number of halogens is 1. The molecule has 30 heavy (non-hydrogen) atoms. The number of hydrogen-bond acceptors (Lipinski definition) is 2. The van der Waals surface area contributed by atoms with Crippen LogP contribution in [0.2, 0.25) is 0 Å². The Balaban J connectivity index is 2.50. The van der Waals surface area contributed by atoms with Crippen LogP contribution in [-0.4, -0.2) is 33.1 Å². The van der Waals surface area contributed by atoms with Gasteiger partial charge in [-0.3, -0.25) is 0 Å². The van der Waals surface area contributed by atoms with Crippen molar-refractivity contribution in [3.63, 3.8) is 0 Å². The molecule has 0 saturated carbocycles. The van der Waals surface area contributed by atoms with E-state index in [-0.39, 0.29) is 17.7 Å². The molecule has 1 aromatic carbocycles. The molecule has 0 aliphatic heterocycles. The molecular formula is C26H37BFN2. The normalized spacial score (nSPS) is 17.1. The first-order valence-electron chi connectivity index (χ1n) is 11.3. The third-order valence-electron chi connectivity index (χ3n) is 5.98. The van der Waals surface area contributed by atoms with E-state index in [1.54, 1.807) is 6.07 Å². The molecule has 0 amide bonds. The monoisotopic (exact) mass is 407 g/mol. The fraction of sp³-hybridized carbons (Fsp3) is 0.500. The van der Waals surface area contributed by atoms with Gasteiger partial charge in [0, 0.05) is 0 Å². The van der Waals surface area contributed by atoms with Gasteiger partial charge in [0.1, 0.15) is 0 Å². The van der Waals surface area contributed by atoms with Gasteiger partial charge in [-0.2, -0.15) is 0 Å². The van der Waals surface area contributed by atoms with Crippen molar-refractivity contribution in [2.45, 2.75) is 52.9 Å². The first kappa shape index (κ1) is 24.2. The van der Waals surface area contributed by atoms with Crippen LogP contribution in [0, 0.1) is 17.7 Å². The molecule has 0 spiro atoms. The van der Waals surface area contributed by atoms with Crippen LogP contribution >= 0.6 is 0 Å². The molecule has 0 aromatic heterocycles. The van der Waals surface area contributed by atoms with Gasteiger partial charge in [0.25, 0.3) is 0 Å². The van der Waals surface area contributed by atoms with Gasteiger partial charge in [-0.25, -0.2) is 0 Å². The molecule has 2 atom stereocenters. The van der Waals surface area contributed by atoms with Crippen LogP contribution < -0.4 is 10.2 Å². The molecule has 0 saturated heterocycles. The molecule has 0 fully saturated rings. The zero-order valence-electron chi connectivity index (χ0n) is 19.2. The van der Waals surface area contributed by atoms with E-state index in [4.69, 9.17) is 7.49 Å². The Bertz CT molecular complexity index is 805. The number of nitrogens with zero attached hydrogens (tertiary/aromatic N) is 1. The van der Waals surface area contributed by atoms with E-state index >= 15 is 4.39 Å². The Morgan fingerprint density at radius 2 is 1.90 bits per heavy atom. The molecular weight excluding hydrogens is 370 g/mol. The SMILES string of the molecule is [B]=C1c2cc(F)c(N(CCC)CCC)cc2C(=C)C1C(CCC=C)C(=CCC)NC. The van der Waals surface area contributed by atoms with E-state index in [0.29, 0.717) is 5.69 Å². The Morgan fingerprint density at radius 3 is 2.43 bits per heavy atom. The first-order chi connectivity index (χ1) is 14.4. The second-order valence-corrected chi connectivity index (χ2v) is 8.08. The molecule has 0 heterocycles. The maximum atomic E-state index is 15.1. The van der Waals surface area contributed by atoms with Gasteiger partial charge in [0.15, 0.2) is 0 Å². The van der Waals surface area contributed by atoms with Gasteiger partial charge in [-0.05, 0) is 0 Å². The van der Waals surface area contributed by atoms with Crippen molar-refractivity contribution in [3.8, 4) is 0 Å². The Hall–Kier alpha value is -2.10. The summed E-state index contributed by atoms with van der Waals surface area (Å²) in [4.78, 5) is 2.14. The molecule has 2 rings (SSSR count). The average Bonchev–Trinajstić information content (AvgIpc) is 2.96. The van der Waals surface area contributed by atoms with Crippen molar-refractivity contribution >= 4 is 24.2 Å². The van der Waals surface area contributed by atoms with Crippen molar-refractivity contribution in [1.82, 2.24) is 5.32 Å². The molecule has 1 aromatic rings. The summed E-state index contributed by atoms with van der Waals surface area (Å²) in [5.74, 6) is -0.0694. The zero-order chi connectivity index (χ0) is 22.3. The van der Waals surface area contributed by atoms with E-state index in [1.165, 1.54) is 5.70 Å². The Morgan fingerprint density at radius 1 is 1.23 bits per heavy atom. The van der Waals surface area contributed by atoms with E-state index in [1.807, 2.05) is 19.2 Å². The summed E-state index contributed by atoms with van der Waals surface area (Å²) in [6.45, 7) is 16.4.